The van der Waals surface area contributed by atoms with Crippen molar-refractivity contribution in [3.05, 3.63) is 64.2 Å². The van der Waals surface area contributed by atoms with Gasteiger partial charge >= 0.3 is 5.97 Å². The monoisotopic (exact) mass is 462 g/mol. The van der Waals surface area contributed by atoms with Gasteiger partial charge in [-0.2, -0.15) is 0 Å². The lowest BCUT2D eigenvalue weighted by Gasteiger charge is -2.24. The Kier molecular flexibility index (Phi) is 8.71. The number of aromatic hydroxyl groups is 1. The Morgan fingerprint density at radius 1 is 1.12 bits per heavy atom. The van der Waals surface area contributed by atoms with Crippen molar-refractivity contribution in [3.8, 4) is 5.75 Å². The summed E-state index contributed by atoms with van der Waals surface area (Å²) in [6.07, 6.45) is 0. The van der Waals surface area contributed by atoms with Crippen LogP contribution in [-0.4, -0.2) is 58.5 Å². The van der Waals surface area contributed by atoms with Crippen molar-refractivity contribution < 1.29 is 29.4 Å². The van der Waals surface area contributed by atoms with E-state index < -0.39 is 29.7 Å². The maximum absolute atomic E-state index is 12.9. The number of carbonyl (C=O) groups is 4. The Bertz CT molecular complexity index is 1030. The number of hydrogen-bond donors (Lipinski definition) is 5. The number of hydrazine groups is 1. The summed E-state index contributed by atoms with van der Waals surface area (Å²) in [6.45, 7) is 1.21. The second kappa shape index (κ2) is 11.2. The van der Waals surface area contributed by atoms with Crippen molar-refractivity contribution in [2.24, 2.45) is 0 Å². The van der Waals surface area contributed by atoms with Crippen LogP contribution in [0.4, 0.5) is 0 Å². The number of likely N-dealkylation sites (N-methyl/N-ethyl adjacent to an activating group) is 1. The molecule has 0 saturated carbocycles. The molecular weight excluding hydrogens is 440 g/mol. The number of aliphatic carboxylic acids is 1. The average Bonchev–Trinajstić information content (AvgIpc) is 2.75. The zero-order valence-corrected chi connectivity index (χ0v) is 18.1. The predicted molar refractivity (Wildman–Crippen MR) is 116 cm³/mol. The van der Waals surface area contributed by atoms with Crippen molar-refractivity contribution in [1.29, 1.82) is 0 Å². The first kappa shape index (κ1) is 24.8. The van der Waals surface area contributed by atoms with E-state index in [9.17, 15) is 24.3 Å². The largest absolute Gasteiger partial charge is 0.508 e. The number of nitrogens with zero attached hydrogens (tertiary/aromatic N) is 1. The Hall–Kier alpha value is -3.47. The first-order valence-electron chi connectivity index (χ1n) is 9.50. The molecule has 0 aliphatic rings. The molecule has 0 aliphatic carbocycles. The summed E-state index contributed by atoms with van der Waals surface area (Å²) in [5.74, 6) is -3.23. The summed E-state index contributed by atoms with van der Waals surface area (Å²) < 4.78 is 0. The molecule has 10 nitrogen and oxygen atoms in total. The Labute approximate surface area is 189 Å². The molecule has 2 aromatic rings. The summed E-state index contributed by atoms with van der Waals surface area (Å²) in [6, 6.07) is 9.09. The minimum absolute atomic E-state index is 0.0749. The number of carbonyl (C=O) groups excluding carboxylic acids is 3. The molecule has 0 saturated heterocycles. The van der Waals surface area contributed by atoms with Gasteiger partial charge in [0.05, 0.1) is 17.1 Å². The molecular formula is C21H23ClN4O6. The van der Waals surface area contributed by atoms with Crippen LogP contribution in [0.25, 0.3) is 0 Å². The summed E-state index contributed by atoms with van der Waals surface area (Å²) in [4.78, 5) is 48.7. The Balaban J connectivity index is 2.18. The first-order chi connectivity index (χ1) is 15.1. The number of imide groups is 1. The second-order valence-electron chi connectivity index (χ2n) is 6.80. The number of carboxylic acids is 1. The summed E-state index contributed by atoms with van der Waals surface area (Å²) in [7, 11) is 1.50. The van der Waals surface area contributed by atoms with Gasteiger partial charge in [0, 0.05) is 12.1 Å². The van der Waals surface area contributed by atoms with E-state index in [1.54, 1.807) is 12.1 Å². The maximum atomic E-state index is 12.9. The standard InChI is InChI=1S/C21H23ClN4O6/c1-12(21(31)32)25-26(18(28)11-23-2)20(30)16-7-6-14(9-17(16)22)19(29)24-10-13-4-3-5-15(27)8-13/h3-9,12,23,25,27H,10-11H2,1-2H3,(H,24,29)(H,31,32)/t12-/m0/s1. The van der Waals surface area contributed by atoms with Gasteiger partial charge in [0.1, 0.15) is 11.8 Å². The number of halogens is 1. The third-order valence-electron chi connectivity index (χ3n) is 4.30. The minimum atomic E-state index is -1.26. The minimum Gasteiger partial charge on any atom is -0.508 e. The highest BCUT2D eigenvalue weighted by Crippen LogP contribution is 2.20. The first-order valence-corrected chi connectivity index (χ1v) is 9.88. The number of phenols is 1. The molecule has 0 radical (unpaired) electrons. The number of carboxylic acid groups (broad SMARTS) is 1. The molecule has 11 heteroatoms. The van der Waals surface area contributed by atoms with Crippen LogP contribution in [-0.2, 0) is 16.1 Å². The van der Waals surface area contributed by atoms with Gasteiger partial charge in [0.2, 0.25) is 0 Å². The molecule has 2 aromatic carbocycles. The van der Waals surface area contributed by atoms with E-state index in [2.05, 4.69) is 16.1 Å². The van der Waals surface area contributed by atoms with E-state index >= 15 is 0 Å². The quantitative estimate of drug-likeness (QED) is 0.348. The zero-order chi connectivity index (χ0) is 23.8. The molecule has 2 rings (SSSR count). The highest BCUT2D eigenvalue weighted by atomic mass is 35.5. The number of hydrogen-bond acceptors (Lipinski definition) is 7. The van der Waals surface area contributed by atoms with Crippen LogP contribution in [0.2, 0.25) is 5.02 Å². The van der Waals surface area contributed by atoms with Gasteiger partial charge in [0.25, 0.3) is 17.7 Å². The van der Waals surface area contributed by atoms with Crippen molar-refractivity contribution in [2.45, 2.75) is 19.5 Å². The van der Waals surface area contributed by atoms with Crippen molar-refractivity contribution in [1.82, 2.24) is 21.1 Å². The molecule has 5 N–H and O–H groups in total. The van der Waals surface area contributed by atoms with Gasteiger partial charge in [0.15, 0.2) is 0 Å². The van der Waals surface area contributed by atoms with Gasteiger partial charge in [-0.1, -0.05) is 23.7 Å². The van der Waals surface area contributed by atoms with Crippen molar-refractivity contribution in [2.75, 3.05) is 13.6 Å². The Morgan fingerprint density at radius 3 is 2.44 bits per heavy atom. The van der Waals surface area contributed by atoms with Crippen LogP contribution in [0.5, 0.6) is 5.75 Å². The fraction of sp³-hybridized carbons (Fsp3) is 0.238. The number of amides is 3. The molecule has 0 aromatic heterocycles. The van der Waals surface area contributed by atoms with E-state index in [-0.39, 0.29) is 35.0 Å². The fourth-order valence-electron chi connectivity index (χ4n) is 2.62. The molecule has 32 heavy (non-hydrogen) atoms. The summed E-state index contributed by atoms with van der Waals surface area (Å²) in [5.41, 5.74) is 3.11. The lowest BCUT2D eigenvalue weighted by molar-refractivity contribution is -0.141. The summed E-state index contributed by atoms with van der Waals surface area (Å²) >= 11 is 6.20. The lowest BCUT2D eigenvalue weighted by atomic mass is 10.1. The normalized spacial score (nSPS) is 11.5. The van der Waals surface area contributed by atoms with E-state index in [4.69, 9.17) is 16.7 Å². The van der Waals surface area contributed by atoms with Gasteiger partial charge in [-0.25, -0.2) is 10.4 Å². The van der Waals surface area contributed by atoms with E-state index in [1.807, 2.05) is 0 Å². The lowest BCUT2D eigenvalue weighted by Crippen LogP contribution is -2.55. The number of phenolic OH excluding ortho intramolecular Hbond substituents is 1. The van der Waals surface area contributed by atoms with Gasteiger partial charge in [-0.3, -0.25) is 19.2 Å². The van der Waals surface area contributed by atoms with E-state index in [0.717, 1.165) is 0 Å². The third-order valence-corrected chi connectivity index (χ3v) is 4.61. The molecule has 1 atom stereocenters. The van der Waals surface area contributed by atoms with Crippen LogP contribution >= 0.6 is 11.6 Å². The maximum Gasteiger partial charge on any atom is 0.322 e. The fourth-order valence-corrected chi connectivity index (χ4v) is 2.89. The molecule has 0 aliphatic heterocycles. The molecule has 0 unspecified atom stereocenters. The molecule has 3 amide bonds. The Morgan fingerprint density at radius 2 is 1.84 bits per heavy atom. The van der Waals surface area contributed by atoms with E-state index in [1.165, 1.54) is 44.3 Å². The van der Waals surface area contributed by atoms with Crippen molar-refractivity contribution in [3.63, 3.8) is 0 Å². The molecule has 0 spiro atoms. The van der Waals surface area contributed by atoms with Crippen LogP contribution in [0.15, 0.2) is 42.5 Å². The average molecular weight is 463 g/mol. The number of benzene rings is 2. The smallest absolute Gasteiger partial charge is 0.322 e. The third kappa shape index (κ3) is 6.51. The van der Waals surface area contributed by atoms with Crippen LogP contribution in [0.1, 0.15) is 33.2 Å². The van der Waals surface area contributed by atoms with Gasteiger partial charge in [-0.15, -0.1) is 0 Å². The molecule has 0 heterocycles. The SMILES string of the molecule is CNCC(=O)N(N[C@@H](C)C(=O)O)C(=O)c1ccc(C(=O)NCc2cccc(O)c2)cc1Cl. The van der Waals surface area contributed by atoms with Crippen LogP contribution in [0, 0.1) is 0 Å². The molecule has 170 valence electrons. The van der Waals surface area contributed by atoms with Crippen LogP contribution < -0.4 is 16.1 Å². The summed E-state index contributed by atoms with van der Waals surface area (Å²) in [5, 5.41) is 24.3. The topological polar surface area (TPSA) is 148 Å². The van der Waals surface area contributed by atoms with E-state index in [0.29, 0.717) is 10.6 Å². The van der Waals surface area contributed by atoms with Crippen LogP contribution in [0.3, 0.4) is 0 Å². The van der Waals surface area contributed by atoms with Gasteiger partial charge in [-0.05, 0) is 49.9 Å². The molecule has 0 fully saturated rings. The van der Waals surface area contributed by atoms with Crippen molar-refractivity contribution >= 4 is 35.3 Å². The number of nitrogens with one attached hydrogen (secondary N) is 3. The zero-order valence-electron chi connectivity index (χ0n) is 17.4. The van der Waals surface area contributed by atoms with Gasteiger partial charge < -0.3 is 20.8 Å². The molecule has 0 bridgehead atoms. The number of rotatable bonds is 9. The highest BCUT2D eigenvalue weighted by molar-refractivity contribution is 6.34. The highest BCUT2D eigenvalue weighted by Gasteiger charge is 2.28. The second-order valence-corrected chi connectivity index (χ2v) is 7.21. The predicted octanol–water partition coefficient (Wildman–Crippen LogP) is 1.14.